The van der Waals surface area contributed by atoms with Crippen LogP contribution in [0.15, 0.2) is 24.3 Å². The van der Waals surface area contributed by atoms with Gasteiger partial charge in [-0.2, -0.15) is 0 Å². The molecule has 1 fully saturated rings. The number of amides is 1. The lowest BCUT2D eigenvalue weighted by atomic mass is 10.1. The van der Waals surface area contributed by atoms with E-state index in [9.17, 15) is 4.79 Å². The summed E-state index contributed by atoms with van der Waals surface area (Å²) in [6.45, 7) is 8.08. The lowest BCUT2D eigenvalue weighted by Gasteiger charge is -2.18. The van der Waals surface area contributed by atoms with Crippen LogP contribution in [-0.2, 0) is 16.1 Å². The molecule has 4 heteroatoms. The van der Waals surface area contributed by atoms with Crippen LogP contribution in [0.3, 0.4) is 0 Å². The smallest absolute Gasteiger partial charge is 0.253 e. The zero-order valence-electron chi connectivity index (χ0n) is 12.4. The summed E-state index contributed by atoms with van der Waals surface area (Å²) in [6, 6.07) is 8.07. The molecule has 1 heterocycles. The first-order valence-corrected chi connectivity index (χ1v) is 7.46. The van der Waals surface area contributed by atoms with E-state index in [2.05, 4.69) is 36.2 Å². The molecule has 0 aliphatic carbocycles. The quantitative estimate of drug-likeness (QED) is 0.868. The summed E-state index contributed by atoms with van der Waals surface area (Å²) >= 11 is 0. The van der Waals surface area contributed by atoms with Crippen LogP contribution >= 0.6 is 0 Å². The lowest BCUT2D eigenvalue weighted by molar-refractivity contribution is -0.124. The second-order valence-electron chi connectivity index (χ2n) is 5.15. The fourth-order valence-corrected chi connectivity index (χ4v) is 2.41. The molecule has 20 heavy (non-hydrogen) atoms. The molecule has 0 aromatic heterocycles. The maximum Gasteiger partial charge on any atom is 0.253 e. The molecule has 110 valence electrons. The first kappa shape index (κ1) is 15.0. The maximum absolute atomic E-state index is 11.9. The van der Waals surface area contributed by atoms with Gasteiger partial charge in [0.1, 0.15) is 6.10 Å². The Morgan fingerprint density at radius 1 is 1.30 bits per heavy atom. The standard InChI is InChI=1S/C16H24N2O2/c1-3-18(4-2)12-13-7-9-14(10-8-13)17-16(19)15-6-5-11-20-15/h7-10,15H,3-6,11-12H2,1-2H3,(H,17,19). The molecule has 0 bridgehead atoms. The topological polar surface area (TPSA) is 41.6 Å². The Balaban J connectivity index is 1.89. The second-order valence-corrected chi connectivity index (χ2v) is 5.15. The van der Waals surface area contributed by atoms with Gasteiger partial charge in [0.25, 0.3) is 5.91 Å². The molecular weight excluding hydrogens is 252 g/mol. The number of rotatable bonds is 6. The molecular formula is C16H24N2O2. The van der Waals surface area contributed by atoms with Gasteiger partial charge in [-0.15, -0.1) is 0 Å². The molecule has 0 saturated carbocycles. The first-order chi connectivity index (χ1) is 9.72. The molecule has 1 unspecified atom stereocenters. The van der Waals surface area contributed by atoms with Gasteiger partial charge in [0.15, 0.2) is 0 Å². The highest BCUT2D eigenvalue weighted by Crippen LogP contribution is 2.16. The van der Waals surface area contributed by atoms with E-state index >= 15 is 0 Å². The number of ether oxygens (including phenoxy) is 1. The number of carbonyl (C=O) groups excluding carboxylic acids is 1. The van der Waals surface area contributed by atoms with E-state index in [-0.39, 0.29) is 12.0 Å². The largest absolute Gasteiger partial charge is 0.368 e. The highest BCUT2D eigenvalue weighted by Gasteiger charge is 2.23. The minimum absolute atomic E-state index is 0.0287. The summed E-state index contributed by atoms with van der Waals surface area (Å²) in [5.41, 5.74) is 2.11. The molecule has 1 atom stereocenters. The summed E-state index contributed by atoms with van der Waals surface area (Å²) in [4.78, 5) is 14.3. The van der Waals surface area contributed by atoms with E-state index in [1.807, 2.05) is 12.1 Å². The van der Waals surface area contributed by atoms with Crippen molar-refractivity contribution in [3.63, 3.8) is 0 Å². The third kappa shape index (κ3) is 4.05. The Morgan fingerprint density at radius 3 is 2.55 bits per heavy atom. The molecule has 1 aliphatic heterocycles. The van der Waals surface area contributed by atoms with E-state index in [1.165, 1.54) is 5.56 Å². The van der Waals surface area contributed by atoms with Crippen molar-refractivity contribution in [2.45, 2.75) is 39.3 Å². The molecule has 1 saturated heterocycles. The van der Waals surface area contributed by atoms with Gasteiger partial charge in [-0.1, -0.05) is 26.0 Å². The van der Waals surface area contributed by atoms with Gasteiger partial charge in [-0.25, -0.2) is 0 Å². The van der Waals surface area contributed by atoms with E-state index in [0.29, 0.717) is 6.61 Å². The summed E-state index contributed by atoms with van der Waals surface area (Å²) in [6.07, 6.45) is 1.53. The minimum atomic E-state index is -0.273. The van der Waals surface area contributed by atoms with Gasteiger partial charge >= 0.3 is 0 Å². The highest BCUT2D eigenvalue weighted by molar-refractivity contribution is 5.94. The number of anilines is 1. The van der Waals surface area contributed by atoms with Gasteiger partial charge in [-0.3, -0.25) is 9.69 Å². The van der Waals surface area contributed by atoms with Crippen LogP contribution in [0.4, 0.5) is 5.69 Å². The van der Waals surface area contributed by atoms with Crippen molar-refractivity contribution in [1.29, 1.82) is 0 Å². The van der Waals surface area contributed by atoms with Gasteiger partial charge < -0.3 is 10.1 Å². The lowest BCUT2D eigenvalue weighted by Crippen LogP contribution is -2.26. The Kier molecular flexibility index (Phi) is 5.56. The Morgan fingerprint density at radius 2 is 2.00 bits per heavy atom. The van der Waals surface area contributed by atoms with E-state index < -0.39 is 0 Å². The Hall–Kier alpha value is -1.39. The van der Waals surface area contributed by atoms with Crippen molar-refractivity contribution in [3.8, 4) is 0 Å². The van der Waals surface area contributed by atoms with Crippen molar-refractivity contribution < 1.29 is 9.53 Å². The van der Waals surface area contributed by atoms with Crippen molar-refractivity contribution >= 4 is 11.6 Å². The van der Waals surface area contributed by atoms with Crippen LogP contribution < -0.4 is 5.32 Å². The van der Waals surface area contributed by atoms with Gasteiger partial charge in [0.2, 0.25) is 0 Å². The highest BCUT2D eigenvalue weighted by atomic mass is 16.5. The molecule has 1 aromatic carbocycles. The number of hydrogen-bond acceptors (Lipinski definition) is 3. The summed E-state index contributed by atoms with van der Waals surface area (Å²) in [5, 5.41) is 2.91. The Bertz CT molecular complexity index is 421. The SMILES string of the molecule is CCN(CC)Cc1ccc(NC(=O)C2CCCO2)cc1. The summed E-state index contributed by atoms with van der Waals surface area (Å²) in [5.74, 6) is -0.0287. The molecule has 2 rings (SSSR count). The number of nitrogens with zero attached hydrogens (tertiary/aromatic N) is 1. The van der Waals surface area contributed by atoms with Crippen molar-refractivity contribution in [1.82, 2.24) is 4.90 Å². The number of hydrogen-bond donors (Lipinski definition) is 1. The average molecular weight is 276 g/mol. The van der Waals surface area contributed by atoms with Crippen LogP contribution in [-0.4, -0.2) is 36.6 Å². The Labute approximate surface area is 121 Å². The van der Waals surface area contributed by atoms with E-state index in [0.717, 1.165) is 38.2 Å². The van der Waals surface area contributed by atoms with Crippen LogP contribution in [0.5, 0.6) is 0 Å². The summed E-state index contributed by atoms with van der Waals surface area (Å²) < 4.78 is 5.37. The fraction of sp³-hybridized carbons (Fsp3) is 0.562. The molecule has 4 nitrogen and oxygen atoms in total. The molecule has 1 N–H and O–H groups in total. The molecule has 1 amide bonds. The van der Waals surface area contributed by atoms with E-state index in [4.69, 9.17) is 4.74 Å². The second kappa shape index (κ2) is 7.41. The minimum Gasteiger partial charge on any atom is -0.368 e. The molecule has 0 radical (unpaired) electrons. The molecule has 0 spiro atoms. The van der Waals surface area contributed by atoms with Crippen molar-refractivity contribution in [2.24, 2.45) is 0 Å². The average Bonchev–Trinajstić information content (AvgIpc) is 3.01. The third-order valence-corrected chi connectivity index (χ3v) is 3.74. The van der Waals surface area contributed by atoms with Crippen LogP contribution in [0.2, 0.25) is 0 Å². The molecule has 1 aliphatic rings. The van der Waals surface area contributed by atoms with Crippen molar-refractivity contribution in [2.75, 3.05) is 25.0 Å². The predicted molar refractivity (Wildman–Crippen MR) is 80.7 cm³/mol. The third-order valence-electron chi connectivity index (χ3n) is 3.74. The predicted octanol–water partition coefficient (Wildman–Crippen LogP) is 2.65. The van der Waals surface area contributed by atoms with Crippen molar-refractivity contribution in [3.05, 3.63) is 29.8 Å². The zero-order chi connectivity index (χ0) is 14.4. The number of benzene rings is 1. The fourth-order valence-electron chi connectivity index (χ4n) is 2.41. The monoisotopic (exact) mass is 276 g/mol. The van der Waals surface area contributed by atoms with Gasteiger partial charge in [0.05, 0.1) is 0 Å². The number of carbonyl (C=O) groups is 1. The van der Waals surface area contributed by atoms with Crippen LogP contribution in [0.25, 0.3) is 0 Å². The van der Waals surface area contributed by atoms with Crippen LogP contribution in [0, 0.1) is 0 Å². The first-order valence-electron chi connectivity index (χ1n) is 7.46. The normalized spacial score (nSPS) is 18.4. The summed E-state index contributed by atoms with van der Waals surface area (Å²) in [7, 11) is 0. The molecule has 1 aromatic rings. The number of nitrogens with one attached hydrogen (secondary N) is 1. The van der Waals surface area contributed by atoms with E-state index in [1.54, 1.807) is 0 Å². The van der Waals surface area contributed by atoms with Gasteiger partial charge in [0, 0.05) is 18.8 Å². The zero-order valence-corrected chi connectivity index (χ0v) is 12.4. The van der Waals surface area contributed by atoms with Gasteiger partial charge in [-0.05, 0) is 43.6 Å². The van der Waals surface area contributed by atoms with Crippen LogP contribution in [0.1, 0.15) is 32.3 Å². The maximum atomic E-state index is 11.9.